The minimum Gasteiger partial charge on any atom is -0.497 e. The Bertz CT molecular complexity index is 1560. The first-order chi connectivity index (χ1) is 21.0. The van der Waals surface area contributed by atoms with Crippen LogP contribution in [0.1, 0.15) is 49.1 Å². The summed E-state index contributed by atoms with van der Waals surface area (Å²) < 4.78 is 57.2. The molecule has 3 aromatic carbocycles. The average molecular weight is 627 g/mol. The molecule has 0 aliphatic rings. The van der Waals surface area contributed by atoms with Crippen molar-refractivity contribution in [2.75, 3.05) is 32.0 Å². The Labute approximate surface area is 262 Å². The molecule has 0 saturated heterocycles. The highest BCUT2D eigenvalue weighted by Crippen LogP contribution is 2.35. The Morgan fingerprint density at radius 2 is 1.42 bits per heavy atom. The Hall–Kier alpha value is -4.93. The molecule has 0 spiro atoms. The monoisotopic (exact) mass is 626 g/mol. The van der Waals surface area contributed by atoms with Crippen molar-refractivity contribution in [3.63, 3.8) is 0 Å². The van der Waals surface area contributed by atoms with E-state index in [4.69, 9.17) is 19.9 Å². The quantitative estimate of drug-likeness (QED) is 0.143. The van der Waals surface area contributed by atoms with Gasteiger partial charge >= 0.3 is 6.18 Å². The molecule has 0 saturated carbocycles. The molecule has 2 N–H and O–H groups in total. The van der Waals surface area contributed by atoms with Crippen LogP contribution in [0.5, 0.6) is 11.5 Å². The third-order valence-corrected chi connectivity index (χ3v) is 6.74. The number of nitrogens with zero attached hydrogens (tertiary/aromatic N) is 3. The molecule has 4 aromatic rings. The zero-order chi connectivity index (χ0) is 32.6. The molecule has 1 aromatic heterocycles. The second kappa shape index (κ2) is 15.7. The zero-order valence-electron chi connectivity index (χ0n) is 25.7. The van der Waals surface area contributed by atoms with E-state index in [2.05, 4.69) is 11.6 Å². The van der Waals surface area contributed by atoms with Crippen LogP contribution in [0.3, 0.4) is 0 Å². The van der Waals surface area contributed by atoms with Crippen LogP contribution in [0.25, 0.3) is 11.4 Å². The number of halogens is 3. The lowest BCUT2D eigenvalue weighted by Gasteiger charge is -2.27. The number of hydrogen-bond donors (Lipinski definition) is 1. The number of aromatic nitrogens is 2. The maximum atomic E-state index is 14.0. The molecule has 0 bridgehead atoms. The van der Waals surface area contributed by atoms with Crippen molar-refractivity contribution in [3.8, 4) is 17.2 Å². The topological polar surface area (TPSA) is 91.8 Å². The third kappa shape index (κ3) is 8.37. The number of alkyl halides is 3. The van der Waals surface area contributed by atoms with Gasteiger partial charge in [0.15, 0.2) is 0 Å². The van der Waals surface area contributed by atoms with E-state index in [1.54, 1.807) is 14.2 Å². The summed E-state index contributed by atoms with van der Waals surface area (Å²) in [7, 11) is 4.53. The van der Waals surface area contributed by atoms with Crippen LogP contribution >= 0.6 is 0 Å². The molecule has 11 heteroatoms. The van der Waals surface area contributed by atoms with E-state index in [9.17, 15) is 18.0 Å². The molecular formula is C34H41F3N4O4. The van der Waals surface area contributed by atoms with E-state index in [-0.39, 0.29) is 41.5 Å². The van der Waals surface area contributed by atoms with E-state index in [1.807, 2.05) is 67.3 Å². The number of hydrogen-bond acceptors (Lipinski definition) is 7. The summed E-state index contributed by atoms with van der Waals surface area (Å²) in [6.07, 6.45) is -3.34. The summed E-state index contributed by atoms with van der Waals surface area (Å²) >= 11 is 0. The highest BCUT2D eigenvalue weighted by molar-refractivity contribution is 5.71. The maximum absolute atomic E-state index is 14.0. The van der Waals surface area contributed by atoms with Crippen molar-refractivity contribution < 1.29 is 27.4 Å². The lowest BCUT2D eigenvalue weighted by Crippen LogP contribution is -2.31. The van der Waals surface area contributed by atoms with Gasteiger partial charge in [-0.25, -0.2) is 4.98 Å². The van der Waals surface area contributed by atoms with Gasteiger partial charge in [-0.3, -0.25) is 9.36 Å². The van der Waals surface area contributed by atoms with Crippen molar-refractivity contribution in [1.82, 2.24) is 9.55 Å². The van der Waals surface area contributed by atoms with Crippen LogP contribution < -0.4 is 25.7 Å². The van der Waals surface area contributed by atoms with Gasteiger partial charge in [-0.05, 0) is 60.0 Å². The molecule has 4 rings (SSSR count). The summed E-state index contributed by atoms with van der Waals surface area (Å²) in [5.74, 6) is 1.70. The number of aryl methyl sites for hydroxylation is 1. The van der Waals surface area contributed by atoms with E-state index in [0.717, 1.165) is 27.8 Å². The largest absolute Gasteiger partial charge is 0.497 e. The first kappa shape index (κ1) is 36.3. The summed E-state index contributed by atoms with van der Waals surface area (Å²) in [5.41, 5.74) is 6.43. The second-order valence-corrected chi connectivity index (χ2v) is 9.53. The van der Waals surface area contributed by atoms with Gasteiger partial charge in [-0.1, -0.05) is 52.1 Å². The van der Waals surface area contributed by atoms with Gasteiger partial charge in [0, 0.05) is 13.1 Å². The number of ether oxygens (including phenoxy) is 3. The minimum atomic E-state index is -4.59. The summed E-state index contributed by atoms with van der Waals surface area (Å²) in [4.78, 5) is 20.5. The Morgan fingerprint density at radius 3 is 1.82 bits per heavy atom. The van der Waals surface area contributed by atoms with Crippen LogP contribution in [-0.4, -0.2) is 30.9 Å². The normalized spacial score (nSPS) is 10.6. The molecule has 0 aliphatic heterocycles. The van der Waals surface area contributed by atoms with Crippen LogP contribution in [0, 0.1) is 6.92 Å². The molecule has 0 fully saturated rings. The van der Waals surface area contributed by atoms with E-state index in [0.29, 0.717) is 24.6 Å². The fourth-order valence-corrected chi connectivity index (χ4v) is 4.60. The van der Waals surface area contributed by atoms with Crippen LogP contribution in [0.15, 0.2) is 78.4 Å². The number of benzene rings is 3. The Morgan fingerprint density at radius 1 is 0.933 bits per heavy atom. The third-order valence-electron chi connectivity index (χ3n) is 6.74. The molecule has 8 nitrogen and oxygen atoms in total. The molecular weight excluding hydrogens is 585 g/mol. The summed E-state index contributed by atoms with van der Waals surface area (Å²) in [6.45, 7) is 10.1. The van der Waals surface area contributed by atoms with Gasteiger partial charge < -0.3 is 24.8 Å². The van der Waals surface area contributed by atoms with Crippen molar-refractivity contribution in [3.05, 3.63) is 112 Å². The minimum absolute atomic E-state index is 0. The number of methoxy groups -OCH3 is 3. The number of nitrogen functional groups attached to an aromatic ring is 1. The summed E-state index contributed by atoms with van der Waals surface area (Å²) in [6, 6.07) is 16.7. The lowest BCUT2D eigenvalue weighted by atomic mass is 10.1. The highest BCUT2D eigenvalue weighted by atomic mass is 19.4. The SMILES string of the molecule is C.C=C(OC)c1c(N(Cc2ccc(OC)cc2)Cc2ccc(OC)cc2)ncn(-c2c(C)cc(C(F)(F)F)cc2N)c1=O.CC. The molecule has 45 heavy (non-hydrogen) atoms. The number of nitrogens with two attached hydrogens (primary N) is 1. The Kier molecular flexibility index (Phi) is 12.6. The number of anilines is 2. The molecule has 0 unspecified atom stereocenters. The van der Waals surface area contributed by atoms with Gasteiger partial charge in [0.1, 0.15) is 35.0 Å². The fourth-order valence-electron chi connectivity index (χ4n) is 4.60. The number of rotatable bonds is 10. The van der Waals surface area contributed by atoms with Gasteiger partial charge in [0.05, 0.1) is 38.3 Å². The van der Waals surface area contributed by atoms with Gasteiger partial charge in [0.2, 0.25) is 0 Å². The first-order valence-corrected chi connectivity index (χ1v) is 13.8. The van der Waals surface area contributed by atoms with E-state index < -0.39 is 17.3 Å². The predicted octanol–water partition coefficient (Wildman–Crippen LogP) is 7.65. The molecule has 0 atom stereocenters. The zero-order valence-corrected chi connectivity index (χ0v) is 25.7. The van der Waals surface area contributed by atoms with Gasteiger partial charge in [-0.2, -0.15) is 13.2 Å². The smallest absolute Gasteiger partial charge is 0.416 e. The van der Waals surface area contributed by atoms with Crippen LogP contribution in [-0.2, 0) is 24.0 Å². The first-order valence-electron chi connectivity index (χ1n) is 13.8. The average Bonchev–Trinajstić information content (AvgIpc) is 3.01. The van der Waals surface area contributed by atoms with Crippen molar-refractivity contribution in [2.24, 2.45) is 0 Å². The molecule has 1 heterocycles. The van der Waals surface area contributed by atoms with Crippen LogP contribution in [0.2, 0.25) is 0 Å². The fraction of sp³-hybridized carbons (Fsp3) is 0.294. The predicted molar refractivity (Wildman–Crippen MR) is 174 cm³/mol. The second-order valence-electron chi connectivity index (χ2n) is 9.53. The Balaban J connectivity index is 0.00000230. The van der Waals surface area contributed by atoms with E-state index in [1.165, 1.54) is 20.4 Å². The van der Waals surface area contributed by atoms with Crippen molar-refractivity contribution in [2.45, 2.75) is 47.5 Å². The van der Waals surface area contributed by atoms with Gasteiger partial charge in [0.25, 0.3) is 5.56 Å². The van der Waals surface area contributed by atoms with Gasteiger partial charge in [-0.15, -0.1) is 0 Å². The maximum Gasteiger partial charge on any atom is 0.416 e. The van der Waals surface area contributed by atoms with Crippen molar-refractivity contribution >= 4 is 17.3 Å². The van der Waals surface area contributed by atoms with Crippen LogP contribution in [0.4, 0.5) is 24.7 Å². The standard InChI is InChI=1S/C31H31F3N4O4.C2H6.CH4/c1-19-14-23(31(32,33)34)15-26(35)28(19)38-18-36-29(27(30(38)39)20(2)40-3)37(16-21-6-10-24(41-4)11-7-21)17-22-8-12-25(42-5)13-9-22;1-2;/h6-15,18H,2,16-17,35H2,1,3-5H3;1-2H3;1H4. The molecule has 0 radical (unpaired) electrons. The molecule has 0 aliphatic carbocycles. The summed E-state index contributed by atoms with van der Waals surface area (Å²) in [5, 5.41) is 0. The molecule has 242 valence electrons. The molecule has 0 amide bonds. The van der Waals surface area contributed by atoms with E-state index >= 15 is 0 Å². The lowest BCUT2D eigenvalue weighted by molar-refractivity contribution is -0.137. The van der Waals surface area contributed by atoms with Crippen molar-refractivity contribution in [1.29, 1.82) is 0 Å². The highest BCUT2D eigenvalue weighted by Gasteiger charge is 2.32.